The number of likely N-dealkylation sites (tertiary alicyclic amines) is 1. The lowest BCUT2D eigenvalue weighted by molar-refractivity contribution is 0.0722. The van der Waals surface area contributed by atoms with Crippen molar-refractivity contribution in [2.75, 3.05) is 18.4 Å². The van der Waals surface area contributed by atoms with Crippen molar-refractivity contribution in [2.45, 2.75) is 39.2 Å². The highest BCUT2D eigenvalue weighted by molar-refractivity contribution is 5.91. The third kappa shape index (κ3) is 4.17. The molecule has 1 saturated heterocycles. The third-order valence-electron chi connectivity index (χ3n) is 5.59. The predicted octanol–water partition coefficient (Wildman–Crippen LogP) is 3.59. The molecule has 1 aliphatic rings. The van der Waals surface area contributed by atoms with Crippen LogP contribution in [0.3, 0.4) is 0 Å². The van der Waals surface area contributed by atoms with E-state index in [9.17, 15) is 9.18 Å². The molecule has 1 aromatic carbocycles. The van der Waals surface area contributed by atoms with Gasteiger partial charge in [-0.2, -0.15) is 5.10 Å². The second-order valence-electron chi connectivity index (χ2n) is 7.60. The van der Waals surface area contributed by atoms with E-state index in [2.05, 4.69) is 25.5 Å². The van der Waals surface area contributed by atoms with Gasteiger partial charge in [0.2, 0.25) is 5.82 Å². The summed E-state index contributed by atoms with van der Waals surface area (Å²) in [6, 6.07) is 6.30. The Balaban J connectivity index is 1.53. The van der Waals surface area contributed by atoms with Crippen LogP contribution >= 0.6 is 0 Å². The molecule has 1 atom stereocenters. The van der Waals surface area contributed by atoms with Crippen molar-refractivity contribution >= 4 is 11.7 Å². The lowest BCUT2D eigenvalue weighted by Crippen LogP contribution is -2.32. The fourth-order valence-corrected chi connectivity index (χ4v) is 3.83. The van der Waals surface area contributed by atoms with Crippen LogP contribution in [0.25, 0.3) is 0 Å². The lowest BCUT2D eigenvalue weighted by Gasteiger charge is -2.25. The van der Waals surface area contributed by atoms with Crippen molar-refractivity contribution in [3.63, 3.8) is 0 Å². The normalized spacial score (nSPS) is 16.1. The number of aryl methyl sites for hydroxylation is 1. The Morgan fingerprint density at radius 3 is 2.97 bits per heavy atom. The lowest BCUT2D eigenvalue weighted by atomic mass is 10.0. The quantitative estimate of drug-likeness (QED) is 0.651. The summed E-state index contributed by atoms with van der Waals surface area (Å²) in [5.74, 6) is 0.323. The fourth-order valence-electron chi connectivity index (χ4n) is 3.83. The largest absolute Gasteiger partial charge is 0.369 e. The first-order chi connectivity index (χ1) is 14.5. The standard InChI is InChI=1S/C22H25FN6O/c1-14-15(2)27-21(28-20(14)24-9-8-16-12-25-26-13-16)22(30)29-10-4-7-19(29)17-5-3-6-18(23)11-17/h3,5-6,11-13,19H,4,7-10H2,1-2H3,(H,25,26)(H,24,27,28)/t19-/m1/s1. The minimum absolute atomic E-state index is 0.157. The smallest absolute Gasteiger partial charge is 0.292 e. The first-order valence-corrected chi connectivity index (χ1v) is 10.2. The summed E-state index contributed by atoms with van der Waals surface area (Å²) in [5, 5.41) is 10.1. The molecular formula is C22H25FN6O. The average molecular weight is 408 g/mol. The number of aromatic amines is 1. The minimum Gasteiger partial charge on any atom is -0.369 e. The molecule has 8 heteroatoms. The van der Waals surface area contributed by atoms with E-state index in [0.717, 1.165) is 41.6 Å². The zero-order chi connectivity index (χ0) is 21.1. The van der Waals surface area contributed by atoms with Crippen LogP contribution in [-0.4, -0.2) is 44.1 Å². The van der Waals surface area contributed by atoms with Crippen LogP contribution in [0, 0.1) is 19.7 Å². The SMILES string of the molecule is Cc1nc(C(=O)N2CCC[C@@H]2c2cccc(F)c2)nc(NCCc2cn[nH]c2)c1C. The van der Waals surface area contributed by atoms with E-state index < -0.39 is 0 Å². The summed E-state index contributed by atoms with van der Waals surface area (Å²) in [7, 11) is 0. The van der Waals surface area contributed by atoms with E-state index in [-0.39, 0.29) is 23.6 Å². The van der Waals surface area contributed by atoms with Gasteiger partial charge in [-0.3, -0.25) is 9.89 Å². The summed E-state index contributed by atoms with van der Waals surface area (Å²) in [6.45, 7) is 5.10. The Morgan fingerprint density at radius 2 is 2.20 bits per heavy atom. The van der Waals surface area contributed by atoms with E-state index in [4.69, 9.17) is 0 Å². The molecule has 1 fully saturated rings. The molecule has 2 N–H and O–H groups in total. The number of hydrogen-bond acceptors (Lipinski definition) is 5. The van der Waals surface area contributed by atoms with Crippen molar-refractivity contribution in [3.8, 4) is 0 Å². The number of hydrogen-bond donors (Lipinski definition) is 2. The second-order valence-corrected chi connectivity index (χ2v) is 7.60. The number of amides is 1. The van der Waals surface area contributed by atoms with Crippen LogP contribution in [0.4, 0.5) is 10.2 Å². The van der Waals surface area contributed by atoms with Crippen LogP contribution in [-0.2, 0) is 6.42 Å². The van der Waals surface area contributed by atoms with Crippen molar-refractivity contribution in [1.82, 2.24) is 25.1 Å². The number of nitrogens with zero attached hydrogens (tertiary/aromatic N) is 4. The number of rotatable bonds is 6. The van der Waals surface area contributed by atoms with Gasteiger partial charge in [-0.05, 0) is 56.4 Å². The maximum absolute atomic E-state index is 13.7. The molecule has 0 saturated carbocycles. The maximum Gasteiger partial charge on any atom is 0.292 e. The van der Waals surface area contributed by atoms with Gasteiger partial charge in [0, 0.05) is 30.5 Å². The summed E-state index contributed by atoms with van der Waals surface area (Å²) in [5.41, 5.74) is 3.59. The molecule has 0 bridgehead atoms. The summed E-state index contributed by atoms with van der Waals surface area (Å²) in [4.78, 5) is 24.0. The molecule has 0 spiro atoms. The molecule has 3 aromatic rings. The highest BCUT2D eigenvalue weighted by atomic mass is 19.1. The van der Waals surface area contributed by atoms with Crippen LogP contribution in [0.5, 0.6) is 0 Å². The molecule has 30 heavy (non-hydrogen) atoms. The number of H-pyrrole nitrogens is 1. The monoisotopic (exact) mass is 408 g/mol. The van der Waals surface area contributed by atoms with Gasteiger partial charge >= 0.3 is 0 Å². The maximum atomic E-state index is 13.7. The van der Waals surface area contributed by atoms with Gasteiger partial charge in [-0.15, -0.1) is 0 Å². The van der Waals surface area contributed by atoms with Gasteiger partial charge in [0.05, 0.1) is 12.2 Å². The highest BCUT2D eigenvalue weighted by Gasteiger charge is 2.32. The Morgan fingerprint density at radius 1 is 1.33 bits per heavy atom. The predicted molar refractivity (Wildman–Crippen MR) is 112 cm³/mol. The van der Waals surface area contributed by atoms with Gasteiger partial charge in [-0.25, -0.2) is 14.4 Å². The van der Waals surface area contributed by atoms with Crippen LogP contribution in [0.2, 0.25) is 0 Å². The molecule has 0 radical (unpaired) electrons. The van der Waals surface area contributed by atoms with Crippen molar-refractivity contribution in [1.29, 1.82) is 0 Å². The zero-order valence-corrected chi connectivity index (χ0v) is 17.2. The number of carbonyl (C=O) groups is 1. The number of halogens is 1. The molecule has 1 amide bonds. The minimum atomic E-state index is -0.293. The average Bonchev–Trinajstić information content (AvgIpc) is 3.42. The molecule has 3 heterocycles. The molecule has 0 unspecified atom stereocenters. The zero-order valence-electron chi connectivity index (χ0n) is 17.2. The van der Waals surface area contributed by atoms with Crippen molar-refractivity contribution in [3.05, 3.63) is 70.7 Å². The van der Waals surface area contributed by atoms with E-state index in [0.29, 0.717) is 18.9 Å². The number of aromatic nitrogens is 4. The van der Waals surface area contributed by atoms with Gasteiger partial charge in [-0.1, -0.05) is 12.1 Å². The number of benzene rings is 1. The molecule has 7 nitrogen and oxygen atoms in total. The van der Waals surface area contributed by atoms with Crippen molar-refractivity contribution in [2.24, 2.45) is 0 Å². The molecule has 2 aromatic heterocycles. The molecule has 1 aliphatic heterocycles. The third-order valence-corrected chi connectivity index (χ3v) is 5.59. The summed E-state index contributed by atoms with van der Waals surface area (Å²) >= 11 is 0. The van der Waals surface area contributed by atoms with Gasteiger partial charge in [0.25, 0.3) is 5.91 Å². The number of carbonyl (C=O) groups excluding carboxylic acids is 1. The van der Waals surface area contributed by atoms with Crippen LogP contribution < -0.4 is 5.32 Å². The molecule has 0 aliphatic carbocycles. The topological polar surface area (TPSA) is 86.8 Å². The summed E-state index contributed by atoms with van der Waals surface area (Å²) < 4.78 is 13.7. The number of anilines is 1. The number of nitrogens with one attached hydrogen (secondary N) is 2. The molecule has 156 valence electrons. The summed E-state index contributed by atoms with van der Waals surface area (Å²) in [6.07, 6.45) is 6.10. The Hall–Kier alpha value is -3.29. The van der Waals surface area contributed by atoms with Gasteiger partial charge < -0.3 is 10.2 Å². The van der Waals surface area contributed by atoms with Crippen LogP contribution in [0.15, 0.2) is 36.7 Å². The van der Waals surface area contributed by atoms with Gasteiger partial charge in [0.1, 0.15) is 11.6 Å². The van der Waals surface area contributed by atoms with E-state index in [1.54, 1.807) is 17.2 Å². The highest BCUT2D eigenvalue weighted by Crippen LogP contribution is 2.33. The van der Waals surface area contributed by atoms with E-state index in [1.165, 1.54) is 12.1 Å². The van der Waals surface area contributed by atoms with E-state index in [1.807, 2.05) is 26.1 Å². The first kappa shape index (κ1) is 20.0. The first-order valence-electron chi connectivity index (χ1n) is 10.2. The Bertz CT molecular complexity index is 1040. The van der Waals surface area contributed by atoms with Gasteiger partial charge in [0.15, 0.2) is 0 Å². The van der Waals surface area contributed by atoms with Crippen molar-refractivity contribution < 1.29 is 9.18 Å². The second kappa shape index (κ2) is 8.61. The molecule has 4 rings (SSSR count). The Labute approximate surface area is 174 Å². The van der Waals surface area contributed by atoms with E-state index >= 15 is 0 Å². The Kier molecular flexibility index (Phi) is 5.74. The molecular weight excluding hydrogens is 383 g/mol. The fraction of sp³-hybridized carbons (Fsp3) is 0.364. The van der Waals surface area contributed by atoms with Crippen LogP contribution in [0.1, 0.15) is 51.9 Å².